The van der Waals surface area contributed by atoms with Crippen LogP contribution in [0.4, 0.5) is 0 Å². The number of carbonyl (C=O) groups excluding carboxylic acids is 2. The van der Waals surface area contributed by atoms with Gasteiger partial charge in [-0.25, -0.2) is 13.1 Å². The maximum absolute atomic E-state index is 13.3. The molecule has 1 aromatic carbocycles. The van der Waals surface area contributed by atoms with Crippen molar-refractivity contribution in [2.45, 2.75) is 55.9 Å². The van der Waals surface area contributed by atoms with Gasteiger partial charge in [0.25, 0.3) is 0 Å². The Balaban J connectivity index is 1.13. The summed E-state index contributed by atoms with van der Waals surface area (Å²) >= 11 is 0. The first-order valence-electron chi connectivity index (χ1n) is 12.3. The molecular formula is C25H32N4O4S. The molecule has 8 nitrogen and oxygen atoms in total. The number of fused-ring (bicyclic) bond motifs is 1. The fourth-order valence-electron chi connectivity index (χ4n) is 7.24. The van der Waals surface area contributed by atoms with Gasteiger partial charge in [0, 0.05) is 42.1 Å². The van der Waals surface area contributed by atoms with Gasteiger partial charge in [0.2, 0.25) is 21.8 Å². The Labute approximate surface area is 199 Å². The number of nitrogens with one attached hydrogen (secondary N) is 2. The van der Waals surface area contributed by atoms with E-state index >= 15 is 0 Å². The molecule has 9 heteroatoms. The highest BCUT2D eigenvalue weighted by molar-refractivity contribution is 7.89. The van der Waals surface area contributed by atoms with Gasteiger partial charge >= 0.3 is 0 Å². The highest BCUT2D eigenvalue weighted by Crippen LogP contribution is 2.60. The molecule has 7 rings (SSSR count). The second-order valence-corrected chi connectivity index (χ2v) is 13.1. The molecule has 5 fully saturated rings. The number of sulfonamides is 1. The van der Waals surface area contributed by atoms with Gasteiger partial charge in [0.15, 0.2) is 0 Å². The quantitative estimate of drug-likeness (QED) is 0.556. The molecular weight excluding hydrogens is 452 g/mol. The first-order chi connectivity index (χ1) is 16.1. The zero-order valence-corrected chi connectivity index (χ0v) is 20.2. The fourth-order valence-corrected chi connectivity index (χ4v) is 8.41. The van der Waals surface area contributed by atoms with Crippen LogP contribution < -0.4 is 15.8 Å². The van der Waals surface area contributed by atoms with E-state index in [0.717, 1.165) is 43.0 Å². The lowest BCUT2D eigenvalue weighted by atomic mass is 9.47. The van der Waals surface area contributed by atoms with E-state index in [1.807, 2.05) is 23.9 Å². The highest BCUT2D eigenvalue weighted by Gasteiger charge is 2.59. The number of carbonyl (C=O) groups is 2. The molecule has 5 saturated carbocycles. The van der Waals surface area contributed by atoms with Crippen LogP contribution in [0.1, 0.15) is 44.9 Å². The van der Waals surface area contributed by atoms with E-state index in [9.17, 15) is 18.0 Å². The summed E-state index contributed by atoms with van der Waals surface area (Å²) in [5, 5.41) is 4.16. The molecule has 34 heavy (non-hydrogen) atoms. The zero-order valence-electron chi connectivity index (χ0n) is 19.4. The first kappa shape index (κ1) is 22.1. The zero-order chi connectivity index (χ0) is 23.9. The predicted octanol–water partition coefficient (Wildman–Crippen LogP) is 2.03. The van der Waals surface area contributed by atoms with E-state index in [1.165, 1.54) is 0 Å². The number of nitrogens with two attached hydrogens (primary N) is 1. The summed E-state index contributed by atoms with van der Waals surface area (Å²) in [4.78, 5) is 25.7. The van der Waals surface area contributed by atoms with Gasteiger partial charge in [-0.05, 0) is 87.0 Å². The van der Waals surface area contributed by atoms with Gasteiger partial charge in [-0.3, -0.25) is 9.59 Å². The van der Waals surface area contributed by atoms with E-state index < -0.39 is 15.4 Å². The summed E-state index contributed by atoms with van der Waals surface area (Å²) in [6.07, 6.45) is 7.76. The number of hydrogen-bond acceptors (Lipinski definition) is 4. The third-order valence-corrected chi connectivity index (χ3v) is 10.6. The molecule has 2 amide bonds. The average molecular weight is 485 g/mol. The van der Waals surface area contributed by atoms with Crippen molar-refractivity contribution < 1.29 is 18.0 Å². The molecule has 0 saturated heterocycles. The van der Waals surface area contributed by atoms with Crippen molar-refractivity contribution in [2.75, 3.05) is 6.54 Å². The lowest BCUT2D eigenvalue weighted by Gasteiger charge is -2.59. The van der Waals surface area contributed by atoms with Crippen LogP contribution in [-0.2, 0) is 26.7 Å². The van der Waals surface area contributed by atoms with Gasteiger partial charge in [-0.1, -0.05) is 0 Å². The molecule has 0 radical (unpaired) electrons. The first-order valence-corrected chi connectivity index (χ1v) is 13.7. The summed E-state index contributed by atoms with van der Waals surface area (Å²) < 4.78 is 30.6. The summed E-state index contributed by atoms with van der Waals surface area (Å²) in [6, 6.07) is 7.02. The standard InChI is InChI=1S/C25H32N4O4S/c1-29-7-4-16-10-19(2-3-20(16)29)34(32,33)27-14-24(5-6-24)23(31)28-21-17-8-15-9-18(21)13-25(11-15,12-17)22(26)30/h2-4,7,10,15,17-18,21,27H,5-6,8-9,11-14H2,1H3,(H2,26,30)(H,28,31). The Hall–Kier alpha value is -2.39. The molecule has 2 atom stereocenters. The number of hydrogen-bond donors (Lipinski definition) is 3. The van der Waals surface area contributed by atoms with Crippen LogP contribution in [0.15, 0.2) is 35.4 Å². The van der Waals surface area contributed by atoms with Crippen LogP contribution in [0.3, 0.4) is 0 Å². The SMILES string of the molecule is Cn1ccc2cc(S(=O)(=O)NCC3(C(=O)NC4C5CC6CC4CC(C(N)=O)(C6)C5)CC3)ccc21. The van der Waals surface area contributed by atoms with Crippen LogP contribution in [0.25, 0.3) is 10.9 Å². The van der Waals surface area contributed by atoms with E-state index in [-0.39, 0.29) is 46.5 Å². The molecule has 2 aromatic rings. The van der Waals surface area contributed by atoms with Gasteiger partial charge in [-0.2, -0.15) is 0 Å². The Bertz CT molecular complexity index is 1280. The van der Waals surface area contributed by atoms with Gasteiger partial charge in [0.1, 0.15) is 0 Å². The topological polar surface area (TPSA) is 123 Å². The molecule has 4 N–H and O–H groups in total. The molecule has 0 aliphatic heterocycles. The number of primary amides is 1. The largest absolute Gasteiger partial charge is 0.369 e. The number of aryl methyl sites for hydroxylation is 1. The smallest absolute Gasteiger partial charge is 0.240 e. The Morgan fingerprint density at radius 3 is 2.47 bits per heavy atom. The minimum Gasteiger partial charge on any atom is -0.369 e. The third-order valence-electron chi connectivity index (χ3n) is 9.20. The minimum absolute atomic E-state index is 0.0562. The maximum atomic E-state index is 13.3. The van der Waals surface area contributed by atoms with Crippen molar-refractivity contribution >= 4 is 32.7 Å². The number of nitrogens with zero attached hydrogens (tertiary/aromatic N) is 1. The van der Waals surface area contributed by atoms with E-state index in [4.69, 9.17) is 5.73 Å². The lowest BCUT2D eigenvalue weighted by Crippen LogP contribution is -2.62. The molecule has 0 spiro atoms. The molecule has 5 aliphatic rings. The van der Waals surface area contributed by atoms with Crippen molar-refractivity contribution in [3.63, 3.8) is 0 Å². The van der Waals surface area contributed by atoms with Crippen molar-refractivity contribution in [3.05, 3.63) is 30.5 Å². The maximum Gasteiger partial charge on any atom is 0.240 e. The summed E-state index contributed by atoms with van der Waals surface area (Å²) in [7, 11) is -1.81. The molecule has 2 unspecified atom stereocenters. The number of aromatic nitrogens is 1. The van der Waals surface area contributed by atoms with Crippen molar-refractivity contribution in [1.29, 1.82) is 0 Å². The second kappa shape index (κ2) is 7.31. The van der Waals surface area contributed by atoms with Gasteiger partial charge < -0.3 is 15.6 Å². The predicted molar refractivity (Wildman–Crippen MR) is 127 cm³/mol. The van der Waals surface area contributed by atoms with Gasteiger partial charge in [0.05, 0.1) is 10.3 Å². The minimum atomic E-state index is -3.73. The van der Waals surface area contributed by atoms with Crippen LogP contribution in [0, 0.1) is 28.6 Å². The number of benzene rings is 1. The van der Waals surface area contributed by atoms with Crippen molar-refractivity contribution in [1.82, 2.24) is 14.6 Å². The van der Waals surface area contributed by atoms with Gasteiger partial charge in [-0.15, -0.1) is 0 Å². The Morgan fingerprint density at radius 1 is 1.12 bits per heavy atom. The average Bonchev–Trinajstić information content (AvgIpc) is 3.51. The van der Waals surface area contributed by atoms with Crippen molar-refractivity contribution in [3.8, 4) is 0 Å². The number of rotatable bonds is 7. The molecule has 4 bridgehead atoms. The Morgan fingerprint density at radius 2 is 1.82 bits per heavy atom. The van der Waals surface area contributed by atoms with Crippen LogP contribution in [0.5, 0.6) is 0 Å². The van der Waals surface area contributed by atoms with E-state index in [2.05, 4.69) is 10.0 Å². The highest BCUT2D eigenvalue weighted by atomic mass is 32.2. The number of amides is 2. The molecule has 5 aliphatic carbocycles. The van der Waals surface area contributed by atoms with E-state index in [1.54, 1.807) is 18.2 Å². The normalized spacial score (nSPS) is 33.2. The summed E-state index contributed by atoms with van der Waals surface area (Å²) in [6.45, 7) is 0.101. The van der Waals surface area contributed by atoms with Crippen LogP contribution in [0.2, 0.25) is 0 Å². The fraction of sp³-hybridized carbons (Fsp3) is 0.600. The second-order valence-electron chi connectivity index (χ2n) is 11.4. The summed E-state index contributed by atoms with van der Waals surface area (Å²) in [5.41, 5.74) is 5.68. The lowest BCUT2D eigenvalue weighted by molar-refractivity contribution is -0.148. The van der Waals surface area contributed by atoms with E-state index in [0.29, 0.717) is 18.8 Å². The third kappa shape index (κ3) is 3.39. The van der Waals surface area contributed by atoms with Crippen molar-refractivity contribution in [2.24, 2.45) is 41.4 Å². The molecule has 1 aromatic heterocycles. The molecule has 1 heterocycles. The summed E-state index contributed by atoms with van der Waals surface area (Å²) in [5.74, 6) is 0.861. The van der Waals surface area contributed by atoms with Crippen LogP contribution >= 0.6 is 0 Å². The monoisotopic (exact) mass is 484 g/mol. The molecule has 182 valence electrons. The van der Waals surface area contributed by atoms with Crippen LogP contribution in [-0.4, -0.2) is 37.4 Å². The Kier molecular flexibility index (Phi) is 4.75.